The molecule has 0 bridgehead atoms. The fourth-order valence-electron chi connectivity index (χ4n) is 0.653. The van der Waals surface area contributed by atoms with Gasteiger partial charge in [-0.2, -0.15) is 13.2 Å². The van der Waals surface area contributed by atoms with Crippen molar-refractivity contribution in [2.75, 3.05) is 0 Å². The van der Waals surface area contributed by atoms with Crippen molar-refractivity contribution >= 4 is 27.3 Å². The van der Waals surface area contributed by atoms with Gasteiger partial charge in [-0.1, -0.05) is 0 Å². The number of nitrogens with two attached hydrogens (primary N) is 1. The second-order valence-corrected chi connectivity index (χ2v) is 4.05. The van der Waals surface area contributed by atoms with Crippen LogP contribution in [0.15, 0.2) is 15.9 Å². The van der Waals surface area contributed by atoms with E-state index in [1.54, 1.807) is 5.38 Å². The molecular weight excluding hydrogens is 255 g/mol. The highest BCUT2D eigenvalue weighted by molar-refractivity contribution is 9.10. The number of hydrogen-bond acceptors (Lipinski definition) is 2. The molecule has 0 saturated carbocycles. The van der Waals surface area contributed by atoms with Crippen molar-refractivity contribution in [3.05, 3.63) is 20.8 Å². The fraction of sp³-hybridized carbons (Fsp3) is 0.333. The lowest BCUT2D eigenvalue weighted by atomic mass is 10.2. The molecule has 1 nitrogen and oxygen atoms in total. The van der Waals surface area contributed by atoms with Crippen LogP contribution in [0.25, 0.3) is 0 Å². The van der Waals surface area contributed by atoms with Gasteiger partial charge in [-0.3, -0.25) is 0 Å². The molecule has 0 aliphatic carbocycles. The van der Waals surface area contributed by atoms with E-state index in [1.165, 1.54) is 6.07 Å². The Bertz CT molecular complexity index is 270. The third-order valence-electron chi connectivity index (χ3n) is 1.25. The van der Waals surface area contributed by atoms with Crippen LogP contribution in [0.1, 0.15) is 10.9 Å². The van der Waals surface area contributed by atoms with Crippen LogP contribution in [0, 0.1) is 0 Å². The quantitative estimate of drug-likeness (QED) is 0.825. The summed E-state index contributed by atoms with van der Waals surface area (Å²) in [6, 6.07) is -0.489. The summed E-state index contributed by atoms with van der Waals surface area (Å²) in [4.78, 5) is 0.120. The largest absolute Gasteiger partial charge is 0.408 e. The van der Waals surface area contributed by atoms with E-state index < -0.39 is 12.2 Å². The Hall–Kier alpha value is -0.0700. The third kappa shape index (κ3) is 2.21. The van der Waals surface area contributed by atoms with Crippen LogP contribution in [0.5, 0.6) is 0 Å². The molecule has 68 valence electrons. The first-order valence-corrected chi connectivity index (χ1v) is 4.65. The first-order chi connectivity index (χ1) is 5.41. The lowest BCUT2D eigenvalue weighted by molar-refractivity contribution is -0.148. The molecule has 0 saturated heterocycles. The predicted molar refractivity (Wildman–Crippen MR) is 45.0 cm³/mol. The molecule has 0 fully saturated rings. The van der Waals surface area contributed by atoms with Crippen molar-refractivity contribution in [2.45, 2.75) is 12.2 Å². The molecule has 6 heteroatoms. The van der Waals surface area contributed by atoms with E-state index in [1.807, 2.05) is 0 Å². The second kappa shape index (κ2) is 3.35. The minimum atomic E-state index is -4.36. The SMILES string of the molecule is N[C@@H](c1cc(Br)cs1)C(F)(F)F. The topological polar surface area (TPSA) is 26.0 Å². The van der Waals surface area contributed by atoms with E-state index in [0.717, 1.165) is 11.3 Å². The maximum Gasteiger partial charge on any atom is 0.408 e. The molecule has 0 spiro atoms. The summed E-state index contributed by atoms with van der Waals surface area (Å²) in [5.41, 5.74) is 4.95. The standard InChI is InChI=1S/C6H5BrF3NS/c7-3-1-4(12-2-3)5(11)6(8,9)10/h1-2,5H,11H2/t5-/m0/s1. The lowest BCUT2D eigenvalue weighted by Gasteiger charge is -2.12. The summed E-state index contributed by atoms with van der Waals surface area (Å²) in [5.74, 6) is 0. The van der Waals surface area contributed by atoms with E-state index in [2.05, 4.69) is 15.9 Å². The molecule has 1 aromatic rings. The average Bonchev–Trinajstić information content (AvgIpc) is 2.32. The van der Waals surface area contributed by atoms with Crippen LogP contribution < -0.4 is 5.73 Å². The van der Waals surface area contributed by atoms with Crippen molar-refractivity contribution in [3.8, 4) is 0 Å². The van der Waals surface area contributed by atoms with Crippen LogP contribution in [-0.4, -0.2) is 6.18 Å². The minimum Gasteiger partial charge on any atom is -0.316 e. The number of thiophene rings is 1. The molecule has 0 radical (unpaired) electrons. The molecule has 1 rings (SSSR count). The van der Waals surface area contributed by atoms with Gasteiger partial charge in [0.1, 0.15) is 6.04 Å². The van der Waals surface area contributed by atoms with Crippen LogP contribution in [-0.2, 0) is 0 Å². The summed E-state index contributed by atoms with van der Waals surface area (Å²) in [6.45, 7) is 0. The molecule has 0 amide bonds. The number of rotatable bonds is 1. The Balaban J connectivity index is 2.85. The van der Waals surface area contributed by atoms with Gasteiger partial charge < -0.3 is 5.73 Å². The van der Waals surface area contributed by atoms with Gasteiger partial charge in [-0.05, 0) is 22.0 Å². The van der Waals surface area contributed by atoms with Crippen LogP contribution in [0.4, 0.5) is 13.2 Å². The maximum absolute atomic E-state index is 12.0. The second-order valence-electron chi connectivity index (χ2n) is 2.19. The summed E-state index contributed by atoms with van der Waals surface area (Å²) < 4.78 is 36.7. The van der Waals surface area contributed by atoms with Gasteiger partial charge in [0.15, 0.2) is 0 Å². The van der Waals surface area contributed by atoms with Gasteiger partial charge in [0.05, 0.1) is 0 Å². The van der Waals surface area contributed by atoms with E-state index >= 15 is 0 Å². The summed E-state index contributed by atoms with van der Waals surface area (Å²) in [7, 11) is 0. The molecule has 2 N–H and O–H groups in total. The van der Waals surface area contributed by atoms with Crippen molar-refractivity contribution < 1.29 is 13.2 Å². The first-order valence-electron chi connectivity index (χ1n) is 2.97. The van der Waals surface area contributed by atoms with Gasteiger partial charge in [0, 0.05) is 14.7 Å². The summed E-state index contributed by atoms with van der Waals surface area (Å²) in [5, 5.41) is 1.57. The zero-order valence-corrected chi connectivity index (χ0v) is 8.13. The van der Waals surface area contributed by atoms with Crippen LogP contribution in [0.2, 0.25) is 0 Å². The Labute approximate surface area is 79.5 Å². The van der Waals surface area contributed by atoms with E-state index in [9.17, 15) is 13.2 Å². The molecule has 0 aliphatic rings. The lowest BCUT2D eigenvalue weighted by Crippen LogP contribution is -2.27. The molecule has 1 atom stereocenters. The van der Waals surface area contributed by atoms with E-state index in [4.69, 9.17) is 5.73 Å². The Kier molecular flexibility index (Phi) is 2.80. The summed E-state index contributed by atoms with van der Waals surface area (Å²) in [6.07, 6.45) is -4.36. The van der Waals surface area contributed by atoms with Crippen LogP contribution >= 0.6 is 27.3 Å². The highest BCUT2D eigenvalue weighted by Gasteiger charge is 2.38. The molecular formula is C6H5BrF3NS. The zero-order chi connectivity index (χ0) is 9.35. The van der Waals surface area contributed by atoms with Gasteiger partial charge in [0.25, 0.3) is 0 Å². The Morgan fingerprint density at radius 2 is 2.08 bits per heavy atom. The number of hydrogen-bond donors (Lipinski definition) is 1. The van der Waals surface area contributed by atoms with E-state index in [-0.39, 0.29) is 4.88 Å². The fourth-order valence-corrected chi connectivity index (χ4v) is 2.12. The maximum atomic E-state index is 12.0. The molecule has 12 heavy (non-hydrogen) atoms. The monoisotopic (exact) mass is 259 g/mol. The van der Waals surface area contributed by atoms with E-state index in [0.29, 0.717) is 4.47 Å². The van der Waals surface area contributed by atoms with Gasteiger partial charge in [-0.15, -0.1) is 11.3 Å². The van der Waals surface area contributed by atoms with Gasteiger partial charge in [-0.25, -0.2) is 0 Å². The third-order valence-corrected chi connectivity index (χ3v) is 3.02. The predicted octanol–water partition coefficient (Wildman–Crippen LogP) is 3.07. The normalized spacial score (nSPS) is 14.8. The summed E-state index contributed by atoms with van der Waals surface area (Å²) >= 11 is 4.05. The Morgan fingerprint density at radius 3 is 2.42 bits per heavy atom. The van der Waals surface area contributed by atoms with Gasteiger partial charge >= 0.3 is 6.18 Å². The molecule has 1 heterocycles. The Morgan fingerprint density at radius 1 is 1.50 bits per heavy atom. The molecule has 0 aliphatic heterocycles. The molecule has 0 aromatic carbocycles. The molecule has 0 unspecified atom stereocenters. The van der Waals surface area contributed by atoms with Crippen LogP contribution in [0.3, 0.4) is 0 Å². The highest BCUT2D eigenvalue weighted by Crippen LogP contribution is 2.34. The smallest absolute Gasteiger partial charge is 0.316 e. The molecule has 1 aromatic heterocycles. The van der Waals surface area contributed by atoms with Crippen molar-refractivity contribution in [1.82, 2.24) is 0 Å². The number of halogens is 4. The zero-order valence-electron chi connectivity index (χ0n) is 5.73. The van der Waals surface area contributed by atoms with Crippen molar-refractivity contribution in [1.29, 1.82) is 0 Å². The highest BCUT2D eigenvalue weighted by atomic mass is 79.9. The van der Waals surface area contributed by atoms with Gasteiger partial charge in [0.2, 0.25) is 0 Å². The number of alkyl halides is 3. The first kappa shape index (κ1) is 10.0. The minimum absolute atomic E-state index is 0.120. The van der Waals surface area contributed by atoms with Crippen molar-refractivity contribution in [2.24, 2.45) is 5.73 Å². The van der Waals surface area contributed by atoms with Crippen molar-refractivity contribution in [3.63, 3.8) is 0 Å². The average molecular weight is 260 g/mol.